The second kappa shape index (κ2) is 5.50. The monoisotopic (exact) mass is 195 g/mol. The van der Waals surface area contributed by atoms with Crippen molar-refractivity contribution in [1.82, 2.24) is 5.32 Å². The number of ether oxygens (including phenoxy) is 2. The molecule has 0 saturated heterocycles. The molecule has 0 atom stereocenters. The van der Waals surface area contributed by atoms with E-state index in [0.29, 0.717) is 0 Å². The number of rotatable bonds is 5. The molecule has 1 rings (SSSR count). The Morgan fingerprint density at radius 3 is 2.57 bits per heavy atom. The van der Waals surface area contributed by atoms with Crippen LogP contribution >= 0.6 is 0 Å². The summed E-state index contributed by atoms with van der Waals surface area (Å²) in [5, 5.41) is 3.26. The number of hydrogen-bond donors (Lipinski definition) is 1. The van der Waals surface area contributed by atoms with E-state index in [-0.39, 0.29) is 0 Å². The van der Waals surface area contributed by atoms with E-state index in [1.807, 2.05) is 18.2 Å². The van der Waals surface area contributed by atoms with Gasteiger partial charge >= 0.3 is 0 Å². The summed E-state index contributed by atoms with van der Waals surface area (Å²) in [5.41, 5.74) is 1.12. The highest BCUT2D eigenvalue weighted by atomic mass is 16.5. The van der Waals surface area contributed by atoms with E-state index in [2.05, 4.69) is 12.2 Å². The average molecular weight is 195 g/mol. The summed E-state index contributed by atoms with van der Waals surface area (Å²) in [6, 6.07) is 5.81. The van der Waals surface area contributed by atoms with Crippen molar-refractivity contribution in [3.05, 3.63) is 23.8 Å². The van der Waals surface area contributed by atoms with Gasteiger partial charge in [-0.25, -0.2) is 0 Å². The molecule has 0 spiro atoms. The molecule has 0 saturated carbocycles. The number of hydrogen-bond acceptors (Lipinski definition) is 3. The highest BCUT2D eigenvalue weighted by Crippen LogP contribution is 2.23. The Morgan fingerprint density at radius 2 is 2.00 bits per heavy atom. The zero-order valence-corrected chi connectivity index (χ0v) is 8.96. The van der Waals surface area contributed by atoms with Crippen LogP contribution in [0.15, 0.2) is 18.2 Å². The lowest BCUT2D eigenvalue weighted by Gasteiger charge is -2.10. The summed E-state index contributed by atoms with van der Waals surface area (Å²) in [5.74, 6) is 1.76. The molecule has 0 bridgehead atoms. The third-order valence-corrected chi connectivity index (χ3v) is 2.05. The lowest BCUT2D eigenvalue weighted by Crippen LogP contribution is -2.12. The molecule has 1 aromatic rings. The van der Waals surface area contributed by atoms with Crippen LogP contribution in [0.1, 0.15) is 12.5 Å². The summed E-state index contributed by atoms with van der Waals surface area (Å²) in [6.07, 6.45) is 0. The van der Waals surface area contributed by atoms with E-state index in [0.717, 1.165) is 30.2 Å². The molecule has 0 amide bonds. The van der Waals surface area contributed by atoms with Crippen LogP contribution in [0, 0.1) is 0 Å². The molecular weight excluding hydrogens is 178 g/mol. The van der Waals surface area contributed by atoms with Gasteiger partial charge in [0.1, 0.15) is 11.5 Å². The zero-order chi connectivity index (χ0) is 10.4. The molecule has 1 aromatic carbocycles. The highest BCUT2D eigenvalue weighted by Gasteiger charge is 2.03. The third kappa shape index (κ3) is 2.64. The van der Waals surface area contributed by atoms with E-state index < -0.39 is 0 Å². The van der Waals surface area contributed by atoms with E-state index in [1.165, 1.54) is 0 Å². The first kappa shape index (κ1) is 10.9. The smallest absolute Gasteiger partial charge is 0.123 e. The summed E-state index contributed by atoms with van der Waals surface area (Å²) in [7, 11) is 3.34. The topological polar surface area (TPSA) is 30.5 Å². The summed E-state index contributed by atoms with van der Waals surface area (Å²) in [4.78, 5) is 0. The van der Waals surface area contributed by atoms with Gasteiger partial charge in [-0.05, 0) is 24.7 Å². The van der Waals surface area contributed by atoms with Crippen LogP contribution < -0.4 is 14.8 Å². The first-order valence-electron chi connectivity index (χ1n) is 4.73. The average Bonchev–Trinajstić information content (AvgIpc) is 2.25. The quantitative estimate of drug-likeness (QED) is 0.777. The summed E-state index contributed by atoms with van der Waals surface area (Å²) >= 11 is 0. The van der Waals surface area contributed by atoms with Gasteiger partial charge in [0.05, 0.1) is 14.2 Å². The largest absolute Gasteiger partial charge is 0.497 e. The molecule has 0 aliphatic carbocycles. The van der Waals surface area contributed by atoms with E-state index in [1.54, 1.807) is 14.2 Å². The van der Waals surface area contributed by atoms with Crippen molar-refractivity contribution in [2.24, 2.45) is 0 Å². The fraction of sp³-hybridized carbons (Fsp3) is 0.455. The van der Waals surface area contributed by atoms with Gasteiger partial charge in [-0.2, -0.15) is 0 Å². The molecule has 0 fully saturated rings. The molecule has 0 radical (unpaired) electrons. The normalized spacial score (nSPS) is 9.93. The van der Waals surface area contributed by atoms with Crippen LogP contribution in [-0.2, 0) is 6.54 Å². The second-order valence-corrected chi connectivity index (χ2v) is 2.96. The van der Waals surface area contributed by atoms with E-state index in [9.17, 15) is 0 Å². The molecule has 3 nitrogen and oxygen atoms in total. The van der Waals surface area contributed by atoms with Crippen LogP contribution in [0.3, 0.4) is 0 Å². The zero-order valence-electron chi connectivity index (χ0n) is 8.96. The van der Waals surface area contributed by atoms with Gasteiger partial charge in [0.2, 0.25) is 0 Å². The van der Waals surface area contributed by atoms with Crippen LogP contribution in [0.5, 0.6) is 11.5 Å². The molecule has 0 heterocycles. The lowest BCUT2D eigenvalue weighted by molar-refractivity contribution is 0.397. The van der Waals surface area contributed by atoms with Gasteiger partial charge in [0, 0.05) is 12.1 Å². The Morgan fingerprint density at radius 1 is 1.21 bits per heavy atom. The van der Waals surface area contributed by atoms with Crippen LogP contribution in [-0.4, -0.2) is 20.8 Å². The van der Waals surface area contributed by atoms with E-state index in [4.69, 9.17) is 9.47 Å². The molecule has 78 valence electrons. The van der Waals surface area contributed by atoms with Crippen molar-refractivity contribution in [1.29, 1.82) is 0 Å². The molecule has 14 heavy (non-hydrogen) atoms. The first-order valence-corrected chi connectivity index (χ1v) is 4.73. The van der Waals surface area contributed by atoms with Crippen LogP contribution in [0.4, 0.5) is 0 Å². The van der Waals surface area contributed by atoms with Gasteiger partial charge in [0.25, 0.3) is 0 Å². The molecule has 0 aliphatic heterocycles. The van der Waals surface area contributed by atoms with Gasteiger partial charge in [-0.1, -0.05) is 6.92 Å². The minimum Gasteiger partial charge on any atom is -0.497 e. The van der Waals surface area contributed by atoms with Crippen molar-refractivity contribution >= 4 is 0 Å². The van der Waals surface area contributed by atoms with Gasteiger partial charge in [-0.3, -0.25) is 0 Å². The Balaban J connectivity index is 2.84. The molecule has 0 unspecified atom stereocenters. The Kier molecular flexibility index (Phi) is 4.26. The lowest BCUT2D eigenvalue weighted by atomic mass is 10.2. The van der Waals surface area contributed by atoms with Crippen molar-refractivity contribution in [3.63, 3.8) is 0 Å². The van der Waals surface area contributed by atoms with Crippen molar-refractivity contribution in [2.75, 3.05) is 20.8 Å². The van der Waals surface area contributed by atoms with Crippen molar-refractivity contribution < 1.29 is 9.47 Å². The predicted molar refractivity (Wildman–Crippen MR) is 56.9 cm³/mol. The van der Waals surface area contributed by atoms with Gasteiger partial charge in [0.15, 0.2) is 0 Å². The molecule has 3 heteroatoms. The molecule has 0 aliphatic rings. The third-order valence-electron chi connectivity index (χ3n) is 2.05. The van der Waals surface area contributed by atoms with Crippen molar-refractivity contribution in [2.45, 2.75) is 13.5 Å². The number of benzene rings is 1. The minimum absolute atomic E-state index is 0.802. The fourth-order valence-corrected chi connectivity index (χ4v) is 1.28. The van der Waals surface area contributed by atoms with Crippen molar-refractivity contribution in [3.8, 4) is 11.5 Å². The van der Waals surface area contributed by atoms with Gasteiger partial charge < -0.3 is 14.8 Å². The highest BCUT2D eigenvalue weighted by molar-refractivity contribution is 5.40. The maximum atomic E-state index is 5.25. The van der Waals surface area contributed by atoms with Crippen LogP contribution in [0.2, 0.25) is 0 Å². The Hall–Kier alpha value is -1.22. The number of methoxy groups -OCH3 is 2. The first-order chi connectivity index (χ1) is 6.81. The minimum atomic E-state index is 0.802. The standard InChI is InChI=1S/C11H17NO2/c1-4-12-8-9-7-10(13-2)5-6-11(9)14-3/h5-7,12H,4,8H2,1-3H3. The Bertz CT molecular complexity index is 287. The van der Waals surface area contributed by atoms with E-state index >= 15 is 0 Å². The van der Waals surface area contributed by atoms with Gasteiger partial charge in [-0.15, -0.1) is 0 Å². The molecule has 1 N–H and O–H groups in total. The molecular formula is C11H17NO2. The molecule has 0 aromatic heterocycles. The number of nitrogens with one attached hydrogen (secondary N) is 1. The Labute approximate surface area is 85.0 Å². The fourth-order valence-electron chi connectivity index (χ4n) is 1.28. The van der Waals surface area contributed by atoms with Crippen LogP contribution in [0.25, 0.3) is 0 Å². The summed E-state index contributed by atoms with van der Waals surface area (Å²) < 4.78 is 10.4. The maximum Gasteiger partial charge on any atom is 0.123 e. The predicted octanol–water partition coefficient (Wildman–Crippen LogP) is 1.81. The maximum absolute atomic E-state index is 5.25. The second-order valence-electron chi connectivity index (χ2n) is 2.96. The SMILES string of the molecule is CCNCc1cc(OC)ccc1OC. The summed E-state index contributed by atoms with van der Waals surface area (Å²) in [6.45, 7) is 3.82.